The highest BCUT2D eigenvalue weighted by atomic mass is 16.5. The zero-order chi connectivity index (χ0) is 14.0. The summed E-state index contributed by atoms with van der Waals surface area (Å²) in [5.41, 5.74) is 0.124. The SMILES string of the molecule is COCCCN(CCOC)CC1(CO)CCCCC1. The minimum Gasteiger partial charge on any atom is -0.396 e. The first-order valence-corrected chi connectivity index (χ1v) is 7.57. The van der Waals surface area contributed by atoms with E-state index in [4.69, 9.17) is 9.47 Å². The molecule has 1 saturated carbocycles. The minimum atomic E-state index is 0.124. The molecule has 114 valence electrons. The second-order valence-corrected chi connectivity index (χ2v) is 5.83. The minimum absolute atomic E-state index is 0.124. The Balaban J connectivity index is 2.47. The first kappa shape index (κ1) is 16.9. The molecule has 1 aliphatic rings. The van der Waals surface area contributed by atoms with Gasteiger partial charge in [-0.2, -0.15) is 0 Å². The lowest BCUT2D eigenvalue weighted by molar-refractivity contribution is 0.0287. The van der Waals surface area contributed by atoms with Gasteiger partial charge in [0.2, 0.25) is 0 Å². The molecule has 0 aromatic rings. The molecule has 0 spiro atoms. The molecule has 0 saturated heterocycles. The van der Waals surface area contributed by atoms with Crippen molar-refractivity contribution in [1.29, 1.82) is 0 Å². The summed E-state index contributed by atoms with van der Waals surface area (Å²) in [7, 11) is 3.49. The van der Waals surface area contributed by atoms with Crippen LogP contribution in [0.5, 0.6) is 0 Å². The molecule has 0 radical (unpaired) electrons. The topological polar surface area (TPSA) is 41.9 Å². The fourth-order valence-corrected chi connectivity index (χ4v) is 3.07. The van der Waals surface area contributed by atoms with E-state index < -0.39 is 0 Å². The molecule has 0 aromatic heterocycles. The Hall–Kier alpha value is -0.160. The average Bonchev–Trinajstić information content (AvgIpc) is 2.46. The van der Waals surface area contributed by atoms with Crippen molar-refractivity contribution in [3.63, 3.8) is 0 Å². The van der Waals surface area contributed by atoms with Crippen LogP contribution >= 0.6 is 0 Å². The van der Waals surface area contributed by atoms with Crippen molar-refractivity contribution < 1.29 is 14.6 Å². The Kier molecular flexibility index (Phi) is 8.62. The van der Waals surface area contributed by atoms with Gasteiger partial charge >= 0.3 is 0 Å². The molecule has 4 heteroatoms. The van der Waals surface area contributed by atoms with Gasteiger partial charge in [0.05, 0.1) is 6.61 Å². The monoisotopic (exact) mass is 273 g/mol. The Morgan fingerprint density at radius 1 is 1.00 bits per heavy atom. The van der Waals surface area contributed by atoms with Crippen LogP contribution in [0.15, 0.2) is 0 Å². The molecular formula is C15H31NO3. The quantitative estimate of drug-likeness (QED) is 0.617. The fourth-order valence-electron chi connectivity index (χ4n) is 3.07. The van der Waals surface area contributed by atoms with Crippen LogP contribution in [0.25, 0.3) is 0 Å². The number of nitrogens with zero attached hydrogens (tertiary/aromatic N) is 1. The van der Waals surface area contributed by atoms with Crippen molar-refractivity contribution in [2.45, 2.75) is 38.5 Å². The lowest BCUT2D eigenvalue weighted by Gasteiger charge is -2.40. The van der Waals surface area contributed by atoms with Crippen molar-refractivity contribution in [3.8, 4) is 0 Å². The summed E-state index contributed by atoms with van der Waals surface area (Å²) in [6.07, 6.45) is 7.22. The van der Waals surface area contributed by atoms with E-state index in [0.717, 1.165) is 52.1 Å². The summed E-state index contributed by atoms with van der Waals surface area (Å²) < 4.78 is 10.3. The lowest BCUT2D eigenvalue weighted by Crippen LogP contribution is -2.43. The maximum absolute atomic E-state index is 9.80. The van der Waals surface area contributed by atoms with Gasteiger partial charge in [0.15, 0.2) is 0 Å². The molecule has 4 nitrogen and oxygen atoms in total. The summed E-state index contributed by atoms with van der Waals surface area (Å²) in [6, 6.07) is 0. The maximum atomic E-state index is 9.80. The number of hydrogen-bond donors (Lipinski definition) is 1. The second-order valence-electron chi connectivity index (χ2n) is 5.83. The largest absolute Gasteiger partial charge is 0.396 e. The molecular weight excluding hydrogens is 242 g/mol. The third kappa shape index (κ3) is 6.21. The van der Waals surface area contributed by atoms with Crippen LogP contribution in [0.1, 0.15) is 38.5 Å². The van der Waals surface area contributed by atoms with Crippen LogP contribution in [0.3, 0.4) is 0 Å². The van der Waals surface area contributed by atoms with E-state index in [1.807, 2.05) is 0 Å². The molecule has 0 aliphatic heterocycles. The van der Waals surface area contributed by atoms with E-state index in [-0.39, 0.29) is 5.41 Å². The number of methoxy groups -OCH3 is 2. The normalized spacial score (nSPS) is 18.9. The van der Waals surface area contributed by atoms with Crippen LogP contribution < -0.4 is 0 Å². The van der Waals surface area contributed by atoms with Crippen LogP contribution in [-0.2, 0) is 9.47 Å². The van der Waals surface area contributed by atoms with Gasteiger partial charge in [-0.05, 0) is 19.3 Å². The second kappa shape index (κ2) is 9.70. The Bertz CT molecular complexity index is 217. The standard InChI is InChI=1S/C15H31NO3/c1-18-11-6-9-16(10-12-19-2)13-15(14-17)7-4-3-5-8-15/h17H,3-14H2,1-2H3. The van der Waals surface area contributed by atoms with Gasteiger partial charge < -0.3 is 19.5 Å². The number of rotatable bonds is 10. The lowest BCUT2D eigenvalue weighted by atomic mass is 9.74. The van der Waals surface area contributed by atoms with E-state index in [1.165, 1.54) is 19.3 Å². The molecule has 1 fully saturated rings. The van der Waals surface area contributed by atoms with Gasteiger partial charge in [-0.15, -0.1) is 0 Å². The number of ether oxygens (including phenoxy) is 2. The van der Waals surface area contributed by atoms with Gasteiger partial charge in [0.1, 0.15) is 0 Å². The van der Waals surface area contributed by atoms with E-state index in [1.54, 1.807) is 14.2 Å². The first-order valence-electron chi connectivity index (χ1n) is 7.57. The van der Waals surface area contributed by atoms with Crippen molar-refractivity contribution in [1.82, 2.24) is 4.90 Å². The summed E-state index contributed by atoms with van der Waals surface area (Å²) in [5, 5.41) is 9.80. The predicted molar refractivity (Wildman–Crippen MR) is 77.4 cm³/mol. The highest BCUT2D eigenvalue weighted by Gasteiger charge is 2.33. The predicted octanol–water partition coefficient (Wildman–Crippen LogP) is 1.91. The van der Waals surface area contributed by atoms with Crippen molar-refractivity contribution in [2.24, 2.45) is 5.41 Å². The van der Waals surface area contributed by atoms with E-state index in [0.29, 0.717) is 6.61 Å². The first-order chi connectivity index (χ1) is 9.26. The molecule has 0 unspecified atom stereocenters. The Morgan fingerprint density at radius 3 is 2.26 bits per heavy atom. The zero-order valence-electron chi connectivity index (χ0n) is 12.7. The smallest absolute Gasteiger partial charge is 0.0589 e. The molecule has 0 atom stereocenters. The molecule has 0 bridgehead atoms. The van der Waals surface area contributed by atoms with Crippen molar-refractivity contribution in [2.75, 3.05) is 53.7 Å². The fraction of sp³-hybridized carbons (Fsp3) is 1.00. The third-order valence-electron chi connectivity index (χ3n) is 4.24. The molecule has 0 aromatic carbocycles. The van der Waals surface area contributed by atoms with E-state index >= 15 is 0 Å². The number of aliphatic hydroxyl groups is 1. The van der Waals surface area contributed by atoms with Crippen molar-refractivity contribution in [3.05, 3.63) is 0 Å². The Labute approximate surface area is 118 Å². The van der Waals surface area contributed by atoms with Crippen LogP contribution in [0, 0.1) is 5.41 Å². The molecule has 1 N–H and O–H groups in total. The van der Waals surface area contributed by atoms with Crippen LogP contribution in [0.4, 0.5) is 0 Å². The molecule has 1 rings (SSSR count). The number of hydrogen-bond acceptors (Lipinski definition) is 4. The average molecular weight is 273 g/mol. The van der Waals surface area contributed by atoms with Gasteiger partial charge in [-0.1, -0.05) is 19.3 Å². The maximum Gasteiger partial charge on any atom is 0.0589 e. The third-order valence-corrected chi connectivity index (χ3v) is 4.24. The van der Waals surface area contributed by atoms with Gasteiger partial charge in [0.25, 0.3) is 0 Å². The molecule has 19 heavy (non-hydrogen) atoms. The van der Waals surface area contributed by atoms with Crippen molar-refractivity contribution >= 4 is 0 Å². The number of aliphatic hydroxyl groups excluding tert-OH is 1. The highest BCUT2D eigenvalue weighted by molar-refractivity contribution is 4.85. The molecule has 0 heterocycles. The Morgan fingerprint density at radius 2 is 1.68 bits per heavy atom. The van der Waals surface area contributed by atoms with E-state index in [2.05, 4.69) is 4.90 Å². The van der Waals surface area contributed by atoms with Crippen LogP contribution in [0.2, 0.25) is 0 Å². The van der Waals surface area contributed by atoms with Gasteiger partial charge in [-0.3, -0.25) is 0 Å². The summed E-state index contributed by atoms with van der Waals surface area (Å²) >= 11 is 0. The molecule has 0 amide bonds. The van der Waals surface area contributed by atoms with Crippen LogP contribution in [-0.4, -0.2) is 63.7 Å². The summed E-state index contributed by atoms with van der Waals surface area (Å²) in [6.45, 7) is 4.85. The zero-order valence-corrected chi connectivity index (χ0v) is 12.7. The van der Waals surface area contributed by atoms with Gasteiger partial charge in [-0.25, -0.2) is 0 Å². The highest BCUT2D eigenvalue weighted by Crippen LogP contribution is 2.36. The van der Waals surface area contributed by atoms with Gasteiger partial charge in [0, 0.05) is 52.5 Å². The molecule has 1 aliphatic carbocycles. The summed E-state index contributed by atoms with van der Waals surface area (Å²) in [5.74, 6) is 0. The van der Waals surface area contributed by atoms with E-state index in [9.17, 15) is 5.11 Å². The summed E-state index contributed by atoms with van der Waals surface area (Å²) in [4.78, 5) is 2.43.